The number of methoxy groups -OCH3 is 1. The first-order valence-corrected chi connectivity index (χ1v) is 11.0. The minimum absolute atomic E-state index is 0.0514. The van der Waals surface area contributed by atoms with Crippen molar-refractivity contribution in [3.05, 3.63) is 54.0 Å². The molecular formula is C24H30N6O2. The van der Waals surface area contributed by atoms with E-state index in [9.17, 15) is 4.79 Å². The zero-order chi connectivity index (χ0) is 22.8. The maximum Gasteiger partial charge on any atom is 0.326 e. The van der Waals surface area contributed by atoms with E-state index in [1.165, 1.54) is 18.0 Å². The molecule has 1 aliphatic carbocycles. The number of urea groups is 1. The van der Waals surface area contributed by atoms with E-state index in [1.54, 1.807) is 12.0 Å². The number of anilines is 1. The SMILES string of the molecule is COCCN1C(=O)N(c2cnc(C#N)cn2)CC12CCC(c1ccccc1)(N(C)C)CC2. The van der Waals surface area contributed by atoms with Crippen LogP contribution in [0.3, 0.4) is 0 Å². The summed E-state index contributed by atoms with van der Waals surface area (Å²) in [6.07, 6.45) is 6.61. The van der Waals surface area contributed by atoms with Gasteiger partial charge in [-0.15, -0.1) is 0 Å². The third kappa shape index (κ3) is 3.72. The molecule has 2 aliphatic rings. The van der Waals surface area contributed by atoms with Crippen LogP contribution in [0.5, 0.6) is 0 Å². The third-order valence-corrected chi connectivity index (χ3v) is 7.21. The second-order valence-corrected chi connectivity index (χ2v) is 8.90. The van der Waals surface area contributed by atoms with Crippen LogP contribution in [-0.2, 0) is 10.3 Å². The summed E-state index contributed by atoms with van der Waals surface area (Å²) in [5.74, 6) is 0.487. The van der Waals surface area contributed by atoms with E-state index in [1.807, 2.05) is 11.0 Å². The summed E-state index contributed by atoms with van der Waals surface area (Å²) < 4.78 is 5.32. The molecule has 2 aromatic rings. The van der Waals surface area contributed by atoms with Gasteiger partial charge in [0.05, 0.1) is 31.1 Å². The summed E-state index contributed by atoms with van der Waals surface area (Å²) in [7, 11) is 5.95. The number of aromatic nitrogens is 2. The molecule has 32 heavy (non-hydrogen) atoms. The van der Waals surface area contributed by atoms with Crippen molar-refractivity contribution in [2.75, 3.05) is 45.8 Å². The highest BCUT2D eigenvalue weighted by Crippen LogP contribution is 2.49. The van der Waals surface area contributed by atoms with Gasteiger partial charge < -0.3 is 9.64 Å². The van der Waals surface area contributed by atoms with Gasteiger partial charge in [-0.2, -0.15) is 5.26 Å². The molecule has 1 saturated heterocycles. The summed E-state index contributed by atoms with van der Waals surface area (Å²) in [4.78, 5) is 27.9. The number of benzene rings is 1. The molecule has 1 aromatic carbocycles. The van der Waals surface area contributed by atoms with E-state index in [4.69, 9.17) is 10.00 Å². The van der Waals surface area contributed by atoms with Crippen LogP contribution in [0.2, 0.25) is 0 Å². The molecule has 4 rings (SSSR count). The first-order valence-electron chi connectivity index (χ1n) is 11.0. The molecule has 1 saturated carbocycles. The molecule has 2 amide bonds. The Bertz CT molecular complexity index is 978. The molecule has 1 spiro atoms. The second-order valence-electron chi connectivity index (χ2n) is 8.90. The fourth-order valence-corrected chi connectivity index (χ4v) is 5.31. The molecule has 168 valence electrons. The number of nitriles is 1. The van der Waals surface area contributed by atoms with Crippen LogP contribution in [0.25, 0.3) is 0 Å². The molecule has 1 aromatic heterocycles. The van der Waals surface area contributed by atoms with Crippen LogP contribution >= 0.6 is 0 Å². The lowest BCUT2D eigenvalue weighted by Gasteiger charge is -2.51. The third-order valence-electron chi connectivity index (χ3n) is 7.21. The van der Waals surface area contributed by atoms with Crippen molar-refractivity contribution in [2.24, 2.45) is 0 Å². The molecule has 0 unspecified atom stereocenters. The number of carbonyl (C=O) groups excluding carboxylic acids is 1. The highest BCUT2D eigenvalue weighted by molar-refractivity contribution is 5.94. The predicted molar refractivity (Wildman–Crippen MR) is 121 cm³/mol. The van der Waals surface area contributed by atoms with Gasteiger partial charge in [0.2, 0.25) is 0 Å². The molecule has 0 radical (unpaired) electrons. The Morgan fingerprint density at radius 3 is 2.41 bits per heavy atom. The lowest BCUT2D eigenvalue weighted by molar-refractivity contribution is 0.0189. The topological polar surface area (TPSA) is 85.6 Å². The monoisotopic (exact) mass is 434 g/mol. The summed E-state index contributed by atoms with van der Waals surface area (Å²) in [5, 5.41) is 9.01. The molecular weight excluding hydrogens is 404 g/mol. The van der Waals surface area contributed by atoms with Crippen LogP contribution in [0.4, 0.5) is 10.6 Å². The van der Waals surface area contributed by atoms with Gasteiger partial charge in [-0.05, 0) is 45.3 Å². The number of ether oxygens (including phenoxy) is 1. The molecule has 2 heterocycles. The first kappa shape index (κ1) is 22.2. The van der Waals surface area contributed by atoms with E-state index in [0.717, 1.165) is 25.7 Å². The van der Waals surface area contributed by atoms with E-state index in [-0.39, 0.29) is 22.8 Å². The Labute approximate surface area is 189 Å². The number of carbonyl (C=O) groups is 1. The van der Waals surface area contributed by atoms with Crippen molar-refractivity contribution in [3.63, 3.8) is 0 Å². The van der Waals surface area contributed by atoms with E-state index in [0.29, 0.717) is 25.5 Å². The number of rotatable bonds is 6. The van der Waals surface area contributed by atoms with Crippen molar-refractivity contribution < 1.29 is 9.53 Å². The Morgan fingerprint density at radius 1 is 1.12 bits per heavy atom. The van der Waals surface area contributed by atoms with Crippen LogP contribution in [0.1, 0.15) is 36.9 Å². The minimum Gasteiger partial charge on any atom is -0.383 e. The Hall–Kier alpha value is -3.02. The zero-order valence-corrected chi connectivity index (χ0v) is 19.0. The van der Waals surface area contributed by atoms with Crippen LogP contribution < -0.4 is 4.90 Å². The average Bonchev–Trinajstić information content (AvgIpc) is 3.09. The fourth-order valence-electron chi connectivity index (χ4n) is 5.31. The molecule has 2 fully saturated rings. The molecule has 0 bridgehead atoms. The fraction of sp³-hybridized carbons (Fsp3) is 0.500. The van der Waals surface area contributed by atoms with Gasteiger partial charge in [0.15, 0.2) is 11.5 Å². The smallest absolute Gasteiger partial charge is 0.326 e. The molecule has 8 heteroatoms. The summed E-state index contributed by atoms with van der Waals surface area (Å²) in [5.41, 5.74) is 1.23. The van der Waals surface area contributed by atoms with Gasteiger partial charge in [0.1, 0.15) is 6.07 Å². The number of hydrogen-bond acceptors (Lipinski definition) is 6. The highest BCUT2D eigenvalue weighted by atomic mass is 16.5. The number of hydrogen-bond donors (Lipinski definition) is 0. The van der Waals surface area contributed by atoms with Crippen LogP contribution in [0.15, 0.2) is 42.7 Å². The maximum absolute atomic E-state index is 13.5. The minimum atomic E-state index is -0.278. The van der Waals surface area contributed by atoms with Crippen molar-refractivity contribution in [3.8, 4) is 6.07 Å². The molecule has 1 aliphatic heterocycles. The highest BCUT2D eigenvalue weighted by Gasteiger charge is 2.54. The van der Waals surface area contributed by atoms with Crippen molar-refractivity contribution in [2.45, 2.75) is 36.8 Å². The zero-order valence-electron chi connectivity index (χ0n) is 19.0. The van der Waals surface area contributed by atoms with Crippen molar-refractivity contribution in [1.82, 2.24) is 19.8 Å². The maximum atomic E-state index is 13.5. The standard InChI is InChI=1S/C24H30N6O2/c1-28(2)24(19-7-5-4-6-8-19)11-9-23(10-12-24)18-29(22(31)30(23)13-14-32-3)21-17-26-20(15-25)16-27-21/h4-8,16-17H,9-14,18H2,1-3H3. The van der Waals surface area contributed by atoms with Gasteiger partial charge >= 0.3 is 6.03 Å². The second kappa shape index (κ2) is 8.85. The normalized spacial score (nSPS) is 25.5. The van der Waals surface area contributed by atoms with Crippen molar-refractivity contribution in [1.29, 1.82) is 5.26 Å². The van der Waals surface area contributed by atoms with Crippen LogP contribution in [0, 0.1) is 11.3 Å². The van der Waals surface area contributed by atoms with Gasteiger partial charge in [-0.3, -0.25) is 9.80 Å². The first-order chi connectivity index (χ1) is 15.5. The number of nitrogens with zero attached hydrogens (tertiary/aromatic N) is 6. The average molecular weight is 435 g/mol. The van der Waals surface area contributed by atoms with Gasteiger partial charge in [-0.25, -0.2) is 14.8 Å². The van der Waals surface area contributed by atoms with Crippen molar-refractivity contribution >= 4 is 11.8 Å². The molecule has 8 nitrogen and oxygen atoms in total. The number of amides is 2. The predicted octanol–water partition coefficient (Wildman–Crippen LogP) is 3.01. The quantitative estimate of drug-likeness (QED) is 0.695. The lowest BCUT2D eigenvalue weighted by Crippen LogP contribution is -2.56. The van der Waals surface area contributed by atoms with E-state index >= 15 is 0 Å². The lowest BCUT2D eigenvalue weighted by atomic mass is 9.68. The molecule has 0 atom stereocenters. The Kier molecular flexibility index (Phi) is 6.13. The van der Waals surface area contributed by atoms with Gasteiger partial charge in [0.25, 0.3) is 0 Å². The Balaban J connectivity index is 1.63. The summed E-state index contributed by atoms with van der Waals surface area (Å²) in [6.45, 7) is 1.59. The van der Waals surface area contributed by atoms with E-state index in [2.05, 4.69) is 59.3 Å². The summed E-state index contributed by atoms with van der Waals surface area (Å²) in [6, 6.07) is 12.6. The summed E-state index contributed by atoms with van der Waals surface area (Å²) >= 11 is 0. The largest absolute Gasteiger partial charge is 0.383 e. The van der Waals surface area contributed by atoms with E-state index < -0.39 is 0 Å². The molecule has 0 N–H and O–H groups in total. The van der Waals surface area contributed by atoms with Gasteiger partial charge in [0, 0.05) is 19.2 Å². The van der Waals surface area contributed by atoms with Crippen LogP contribution in [-0.4, -0.2) is 72.2 Å². The Morgan fingerprint density at radius 2 is 1.84 bits per heavy atom. The van der Waals surface area contributed by atoms with Gasteiger partial charge in [-0.1, -0.05) is 30.3 Å².